The molecule has 0 amide bonds. The van der Waals surface area contributed by atoms with Crippen molar-refractivity contribution < 1.29 is 13.6 Å². The lowest BCUT2D eigenvalue weighted by molar-refractivity contribution is 0.349. The summed E-state index contributed by atoms with van der Waals surface area (Å²) in [6.45, 7) is 0.208. The van der Waals surface area contributed by atoms with E-state index in [0.717, 1.165) is 5.56 Å². The molecule has 0 saturated heterocycles. The quantitative estimate of drug-likeness (QED) is 0.440. The van der Waals surface area contributed by atoms with Gasteiger partial charge in [0.2, 0.25) is 16.9 Å². The van der Waals surface area contributed by atoms with E-state index in [4.69, 9.17) is 25.2 Å². The summed E-state index contributed by atoms with van der Waals surface area (Å²) in [6.07, 6.45) is 5.27. The first-order valence-corrected chi connectivity index (χ1v) is 8.75. The van der Waals surface area contributed by atoms with Gasteiger partial charge in [0.15, 0.2) is 5.76 Å². The Morgan fingerprint density at radius 3 is 2.67 bits per heavy atom. The van der Waals surface area contributed by atoms with Crippen molar-refractivity contribution in [2.45, 2.75) is 0 Å². The fourth-order valence-electron chi connectivity index (χ4n) is 2.73. The van der Waals surface area contributed by atoms with E-state index in [1.54, 1.807) is 30.3 Å². The number of hydrogen-bond donors (Lipinski definition) is 0. The van der Waals surface area contributed by atoms with Gasteiger partial charge in [0, 0.05) is 5.02 Å². The molecule has 0 spiro atoms. The summed E-state index contributed by atoms with van der Waals surface area (Å²) >= 11 is 6.03. The van der Waals surface area contributed by atoms with Crippen molar-refractivity contribution in [2.75, 3.05) is 6.61 Å². The number of ether oxygens (including phenoxy) is 1. The topological polar surface area (TPSA) is 52.6 Å². The molecule has 0 aliphatic heterocycles. The highest BCUT2D eigenvalue weighted by Gasteiger charge is 2.19. The van der Waals surface area contributed by atoms with Gasteiger partial charge in [-0.3, -0.25) is 4.79 Å². The lowest BCUT2D eigenvalue weighted by Crippen LogP contribution is -2.10. The van der Waals surface area contributed by atoms with Crippen molar-refractivity contribution in [1.82, 2.24) is 0 Å². The van der Waals surface area contributed by atoms with E-state index in [2.05, 4.69) is 0 Å². The highest BCUT2D eigenvalue weighted by molar-refractivity contribution is 6.31. The summed E-state index contributed by atoms with van der Waals surface area (Å²) in [5.74, 6) is 0.774. The van der Waals surface area contributed by atoms with Crippen LogP contribution >= 0.6 is 11.6 Å². The number of furan rings is 1. The van der Waals surface area contributed by atoms with Crippen molar-refractivity contribution in [3.8, 4) is 17.3 Å². The molecular formula is C22H15ClO4. The number of rotatable bonds is 5. The predicted octanol–water partition coefficient (Wildman–Crippen LogP) is 5.80. The Balaban J connectivity index is 1.71. The standard InChI is InChI=1S/C22H15ClO4/c23-16-10-11-18-17(14-16)20(24)22(21(27-18)19-9-5-12-25-19)26-13-4-8-15-6-2-1-3-7-15/h1-12,14H,13H2/b8-4+. The van der Waals surface area contributed by atoms with Crippen molar-refractivity contribution in [3.63, 3.8) is 0 Å². The van der Waals surface area contributed by atoms with Crippen LogP contribution in [0.25, 0.3) is 28.6 Å². The maximum atomic E-state index is 13.0. The van der Waals surface area contributed by atoms with Gasteiger partial charge in [-0.1, -0.05) is 48.0 Å². The number of fused-ring (bicyclic) bond motifs is 1. The minimum absolute atomic E-state index is 0.0948. The molecule has 0 aliphatic carbocycles. The Labute approximate surface area is 160 Å². The van der Waals surface area contributed by atoms with Gasteiger partial charge in [-0.15, -0.1) is 0 Å². The molecule has 0 atom stereocenters. The van der Waals surface area contributed by atoms with Crippen LogP contribution in [0, 0.1) is 0 Å². The lowest BCUT2D eigenvalue weighted by Gasteiger charge is -2.09. The van der Waals surface area contributed by atoms with Gasteiger partial charge in [0.25, 0.3) is 0 Å². The molecule has 2 heterocycles. The van der Waals surface area contributed by atoms with Crippen molar-refractivity contribution in [1.29, 1.82) is 0 Å². The summed E-state index contributed by atoms with van der Waals surface area (Å²) in [7, 11) is 0. The van der Waals surface area contributed by atoms with Crippen LogP contribution in [0.15, 0.2) is 86.6 Å². The van der Waals surface area contributed by atoms with E-state index in [0.29, 0.717) is 21.8 Å². The molecule has 4 aromatic rings. The van der Waals surface area contributed by atoms with Crippen molar-refractivity contribution in [2.24, 2.45) is 0 Å². The smallest absolute Gasteiger partial charge is 0.235 e. The molecule has 0 radical (unpaired) electrons. The van der Waals surface area contributed by atoms with Gasteiger partial charge >= 0.3 is 0 Å². The average Bonchev–Trinajstić information content (AvgIpc) is 3.22. The highest BCUT2D eigenvalue weighted by Crippen LogP contribution is 2.32. The zero-order valence-electron chi connectivity index (χ0n) is 14.2. The first kappa shape index (κ1) is 17.2. The van der Waals surface area contributed by atoms with E-state index >= 15 is 0 Å². The first-order chi connectivity index (χ1) is 13.2. The number of benzene rings is 2. The molecule has 2 aromatic heterocycles. The second-order valence-electron chi connectivity index (χ2n) is 5.83. The maximum absolute atomic E-state index is 13.0. The van der Waals surface area contributed by atoms with Gasteiger partial charge in [0.1, 0.15) is 12.2 Å². The third-order valence-electron chi connectivity index (χ3n) is 3.99. The molecule has 0 aliphatic rings. The monoisotopic (exact) mass is 378 g/mol. The normalized spacial score (nSPS) is 11.3. The van der Waals surface area contributed by atoms with Gasteiger partial charge < -0.3 is 13.6 Å². The zero-order valence-corrected chi connectivity index (χ0v) is 15.0. The minimum atomic E-state index is -0.293. The molecule has 4 nitrogen and oxygen atoms in total. The van der Waals surface area contributed by atoms with Crippen molar-refractivity contribution in [3.05, 3.63) is 93.8 Å². The Bertz CT molecular complexity index is 1140. The molecule has 4 rings (SSSR count). The van der Waals surface area contributed by atoms with Gasteiger partial charge in [0.05, 0.1) is 11.6 Å². The fourth-order valence-corrected chi connectivity index (χ4v) is 2.90. The van der Waals surface area contributed by atoms with Crippen molar-refractivity contribution >= 4 is 28.6 Å². The van der Waals surface area contributed by atoms with Crippen LogP contribution in [0.5, 0.6) is 5.75 Å². The van der Waals surface area contributed by atoms with Crippen LogP contribution in [0.3, 0.4) is 0 Å². The second kappa shape index (κ2) is 7.56. The maximum Gasteiger partial charge on any atom is 0.235 e. The van der Waals surface area contributed by atoms with Gasteiger partial charge in [-0.25, -0.2) is 0 Å². The van der Waals surface area contributed by atoms with Gasteiger partial charge in [-0.05, 0) is 42.0 Å². The minimum Gasteiger partial charge on any atom is -0.482 e. The van der Waals surface area contributed by atoms with E-state index < -0.39 is 0 Å². The van der Waals surface area contributed by atoms with Gasteiger partial charge in [-0.2, -0.15) is 0 Å². The molecule has 0 saturated carbocycles. The Kier molecular flexibility index (Phi) is 4.81. The molecule has 27 heavy (non-hydrogen) atoms. The van der Waals surface area contributed by atoms with E-state index in [9.17, 15) is 4.79 Å². The third kappa shape index (κ3) is 3.66. The summed E-state index contributed by atoms with van der Waals surface area (Å²) in [5, 5.41) is 0.815. The lowest BCUT2D eigenvalue weighted by atomic mass is 10.2. The fraction of sp³-hybridized carbons (Fsp3) is 0.0455. The van der Waals surface area contributed by atoms with Crippen LogP contribution in [-0.4, -0.2) is 6.61 Å². The molecule has 0 unspecified atom stereocenters. The third-order valence-corrected chi connectivity index (χ3v) is 4.22. The molecular weight excluding hydrogens is 364 g/mol. The summed E-state index contributed by atoms with van der Waals surface area (Å²) in [6, 6.07) is 18.2. The Morgan fingerprint density at radius 2 is 1.89 bits per heavy atom. The van der Waals surface area contributed by atoms with E-state index in [1.165, 1.54) is 6.26 Å². The summed E-state index contributed by atoms with van der Waals surface area (Å²) < 4.78 is 17.1. The predicted molar refractivity (Wildman–Crippen MR) is 106 cm³/mol. The molecule has 0 bridgehead atoms. The average molecular weight is 379 g/mol. The second-order valence-corrected chi connectivity index (χ2v) is 6.27. The zero-order chi connectivity index (χ0) is 18.6. The number of hydrogen-bond acceptors (Lipinski definition) is 4. The van der Waals surface area contributed by atoms with Crippen LogP contribution in [-0.2, 0) is 0 Å². The van der Waals surface area contributed by atoms with E-state index in [1.807, 2.05) is 42.5 Å². The molecule has 134 valence electrons. The van der Waals surface area contributed by atoms with Crippen LogP contribution < -0.4 is 10.2 Å². The first-order valence-electron chi connectivity index (χ1n) is 8.37. The van der Waals surface area contributed by atoms with Crippen LogP contribution in [0.2, 0.25) is 5.02 Å². The Morgan fingerprint density at radius 1 is 1.04 bits per heavy atom. The van der Waals surface area contributed by atoms with E-state index in [-0.39, 0.29) is 23.5 Å². The largest absolute Gasteiger partial charge is 0.482 e. The SMILES string of the molecule is O=c1c(OC/C=C/c2ccccc2)c(-c2ccco2)oc2ccc(Cl)cc12. The summed E-state index contributed by atoms with van der Waals surface area (Å²) in [5.41, 5.74) is 1.17. The molecule has 2 aromatic carbocycles. The summed E-state index contributed by atoms with van der Waals surface area (Å²) in [4.78, 5) is 13.0. The molecule has 0 N–H and O–H groups in total. The molecule has 0 fully saturated rings. The number of halogens is 1. The Hall–Kier alpha value is -3.24. The molecule has 5 heteroatoms. The highest BCUT2D eigenvalue weighted by atomic mass is 35.5. The van der Waals surface area contributed by atoms with Crippen LogP contribution in [0.4, 0.5) is 0 Å². The van der Waals surface area contributed by atoms with Crippen LogP contribution in [0.1, 0.15) is 5.56 Å².